The third kappa shape index (κ3) is 4.00. The fourth-order valence-electron chi connectivity index (χ4n) is 2.46. The molecular formula is C15H24N4O4. The molecule has 128 valence electrons. The van der Waals surface area contributed by atoms with Gasteiger partial charge in [-0.2, -0.15) is 0 Å². The summed E-state index contributed by atoms with van der Waals surface area (Å²) in [7, 11) is 0. The zero-order valence-corrected chi connectivity index (χ0v) is 14.3. The first kappa shape index (κ1) is 17.2. The lowest BCUT2D eigenvalue weighted by Crippen LogP contribution is -2.43. The van der Waals surface area contributed by atoms with E-state index in [0.717, 1.165) is 0 Å². The molecule has 0 radical (unpaired) electrons. The molecule has 1 amide bonds. The van der Waals surface area contributed by atoms with E-state index in [0.29, 0.717) is 25.3 Å². The molecule has 0 saturated carbocycles. The number of rotatable bonds is 2. The Balaban J connectivity index is 2.16. The summed E-state index contributed by atoms with van der Waals surface area (Å²) in [5, 5.41) is 8.00. The van der Waals surface area contributed by atoms with E-state index < -0.39 is 11.6 Å². The van der Waals surface area contributed by atoms with Crippen molar-refractivity contribution in [3.05, 3.63) is 11.6 Å². The van der Waals surface area contributed by atoms with Gasteiger partial charge in [0.2, 0.25) is 5.82 Å². The van der Waals surface area contributed by atoms with E-state index in [1.807, 2.05) is 27.7 Å². The topological polar surface area (TPSA) is 86.5 Å². The lowest BCUT2D eigenvalue weighted by molar-refractivity contribution is 0.0180. The molecule has 1 atom stereocenters. The van der Waals surface area contributed by atoms with Crippen LogP contribution < -0.4 is 0 Å². The van der Waals surface area contributed by atoms with Gasteiger partial charge in [-0.25, -0.2) is 9.59 Å². The van der Waals surface area contributed by atoms with Gasteiger partial charge in [-0.3, -0.25) is 0 Å². The highest BCUT2D eigenvalue weighted by atomic mass is 16.6. The van der Waals surface area contributed by atoms with Crippen LogP contribution in [-0.4, -0.2) is 56.5 Å². The molecule has 0 fully saturated rings. The second-order valence-corrected chi connectivity index (χ2v) is 6.54. The van der Waals surface area contributed by atoms with Crippen LogP contribution in [0.3, 0.4) is 0 Å². The van der Waals surface area contributed by atoms with Gasteiger partial charge in [-0.05, 0) is 34.6 Å². The van der Waals surface area contributed by atoms with E-state index in [4.69, 9.17) is 9.47 Å². The normalized spacial score (nSPS) is 18.1. The van der Waals surface area contributed by atoms with Crippen molar-refractivity contribution < 1.29 is 19.1 Å². The van der Waals surface area contributed by atoms with E-state index in [9.17, 15) is 9.59 Å². The molecular weight excluding hydrogens is 300 g/mol. The summed E-state index contributed by atoms with van der Waals surface area (Å²) in [4.78, 5) is 25.9. The Hall–Kier alpha value is -2.12. The van der Waals surface area contributed by atoms with Crippen LogP contribution in [0.1, 0.15) is 51.1 Å². The molecule has 0 aromatic carbocycles. The largest absolute Gasteiger partial charge is 0.460 e. The Morgan fingerprint density at radius 2 is 1.96 bits per heavy atom. The van der Waals surface area contributed by atoms with E-state index in [1.54, 1.807) is 16.4 Å². The average Bonchev–Trinajstić information content (AvgIpc) is 2.72. The highest BCUT2D eigenvalue weighted by Gasteiger charge is 2.31. The van der Waals surface area contributed by atoms with Crippen LogP contribution in [0, 0.1) is 0 Å². The van der Waals surface area contributed by atoms with Gasteiger partial charge < -0.3 is 18.9 Å². The minimum atomic E-state index is -0.547. The Morgan fingerprint density at radius 1 is 1.26 bits per heavy atom. The lowest BCUT2D eigenvalue weighted by atomic mass is 10.2. The van der Waals surface area contributed by atoms with Crippen molar-refractivity contribution in [2.75, 3.05) is 13.2 Å². The first-order chi connectivity index (χ1) is 10.7. The quantitative estimate of drug-likeness (QED) is 0.769. The van der Waals surface area contributed by atoms with E-state index in [-0.39, 0.29) is 24.6 Å². The molecule has 0 bridgehead atoms. The van der Waals surface area contributed by atoms with Crippen molar-refractivity contribution >= 4 is 12.1 Å². The summed E-state index contributed by atoms with van der Waals surface area (Å²) in [6.07, 6.45) is 0.146. The Bertz CT molecular complexity index is 591. The van der Waals surface area contributed by atoms with Crippen molar-refractivity contribution in [1.82, 2.24) is 19.7 Å². The van der Waals surface area contributed by atoms with E-state index >= 15 is 0 Å². The van der Waals surface area contributed by atoms with Crippen LogP contribution in [0.25, 0.3) is 0 Å². The average molecular weight is 324 g/mol. The molecule has 8 heteroatoms. The van der Waals surface area contributed by atoms with Gasteiger partial charge in [0.15, 0.2) is 0 Å². The molecule has 0 N–H and O–H groups in total. The Labute approximate surface area is 135 Å². The predicted octanol–water partition coefficient (Wildman–Crippen LogP) is 1.64. The third-order valence-electron chi connectivity index (χ3n) is 3.49. The zero-order valence-electron chi connectivity index (χ0n) is 14.3. The van der Waals surface area contributed by atoms with Crippen molar-refractivity contribution in [2.24, 2.45) is 0 Å². The monoisotopic (exact) mass is 324 g/mol. The molecule has 0 spiro atoms. The molecule has 0 saturated heterocycles. The predicted molar refractivity (Wildman–Crippen MR) is 82.1 cm³/mol. The number of esters is 1. The summed E-state index contributed by atoms with van der Waals surface area (Å²) in [5.74, 6) is 0.358. The minimum Gasteiger partial charge on any atom is -0.460 e. The van der Waals surface area contributed by atoms with Crippen LogP contribution in [-0.2, 0) is 22.4 Å². The number of hydrogen-bond acceptors (Lipinski definition) is 6. The van der Waals surface area contributed by atoms with Gasteiger partial charge in [0, 0.05) is 25.6 Å². The zero-order chi connectivity index (χ0) is 17.2. The fraction of sp³-hybridized carbons (Fsp3) is 0.733. The van der Waals surface area contributed by atoms with Gasteiger partial charge in [-0.1, -0.05) is 0 Å². The van der Waals surface area contributed by atoms with Crippen molar-refractivity contribution in [2.45, 2.75) is 59.2 Å². The van der Waals surface area contributed by atoms with Crippen LogP contribution >= 0.6 is 0 Å². The van der Waals surface area contributed by atoms with Crippen LogP contribution in [0.2, 0.25) is 0 Å². The van der Waals surface area contributed by atoms with E-state index in [2.05, 4.69) is 10.2 Å². The van der Waals surface area contributed by atoms with Crippen LogP contribution in [0.4, 0.5) is 4.79 Å². The number of amides is 1. The first-order valence-electron chi connectivity index (χ1n) is 7.81. The molecule has 1 aromatic heterocycles. The van der Waals surface area contributed by atoms with Gasteiger partial charge in [-0.15, -0.1) is 10.2 Å². The maximum absolute atomic E-state index is 12.3. The third-order valence-corrected chi connectivity index (χ3v) is 3.49. The summed E-state index contributed by atoms with van der Waals surface area (Å²) in [6.45, 7) is 10.3. The number of ether oxygens (including phenoxy) is 2. The maximum atomic E-state index is 12.3. The lowest BCUT2D eigenvalue weighted by Gasteiger charge is -2.30. The fourth-order valence-corrected chi connectivity index (χ4v) is 2.46. The molecule has 2 heterocycles. The molecule has 1 aliphatic rings. The maximum Gasteiger partial charge on any atom is 0.410 e. The number of carbonyl (C=O) groups is 2. The molecule has 1 unspecified atom stereocenters. The SMILES string of the molecule is CCOC(=O)c1nnc2n1CCN(C(=O)OC(C)(C)C)C(C)C2. The summed E-state index contributed by atoms with van der Waals surface area (Å²) >= 11 is 0. The molecule has 1 aliphatic heterocycles. The van der Waals surface area contributed by atoms with Crippen molar-refractivity contribution in [1.29, 1.82) is 0 Å². The van der Waals surface area contributed by atoms with Gasteiger partial charge in [0.25, 0.3) is 0 Å². The van der Waals surface area contributed by atoms with Crippen LogP contribution in [0.15, 0.2) is 0 Å². The number of hydrogen-bond donors (Lipinski definition) is 0. The van der Waals surface area contributed by atoms with Crippen molar-refractivity contribution in [3.63, 3.8) is 0 Å². The molecule has 8 nitrogen and oxygen atoms in total. The summed E-state index contributed by atoms with van der Waals surface area (Å²) in [5.41, 5.74) is -0.547. The van der Waals surface area contributed by atoms with Gasteiger partial charge in [0.1, 0.15) is 11.4 Å². The second-order valence-electron chi connectivity index (χ2n) is 6.54. The number of aromatic nitrogens is 3. The Morgan fingerprint density at radius 3 is 2.57 bits per heavy atom. The summed E-state index contributed by atoms with van der Waals surface area (Å²) < 4.78 is 12.2. The number of nitrogens with zero attached hydrogens (tertiary/aromatic N) is 4. The first-order valence-corrected chi connectivity index (χ1v) is 7.81. The van der Waals surface area contributed by atoms with Gasteiger partial charge >= 0.3 is 12.1 Å². The highest BCUT2D eigenvalue weighted by Crippen LogP contribution is 2.18. The second kappa shape index (κ2) is 6.55. The molecule has 0 aliphatic carbocycles. The van der Waals surface area contributed by atoms with Gasteiger partial charge in [0.05, 0.1) is 6.61 Å². The minimum absolute atomic E-state index is 0.0923. The number of carbonyl (C=O) groups excluding carboxylic acids is 2. The molecule has 23 heavy (non-hydrogen) atoms. The number of fused-ring (bicyclic) bond motifs is 1. The van der Waals surface area contributed by atoms with Crippen LogP contribution in [0.5, 0.6) is 0 Å². The highest BCUT2D eigenvalue weighted by molar-refractivity contribution is 5.85. The standard InChI is InChI=1S/C15H24N4O4/c1-6-22-13(20)12-17-16-11-9-10(2)18(7-8-19(11)12)14(21)23-15(3,4)5/h10H,6-9H2,1-5H3. The Kier molecular flexibility index (Phi) is 4.91. The smallest absolute Gasteiger partial charge is 0.410 e. The molecule has 2 rings (SSSR count). The van der Waals surface area contributed by atoms with Crippen molar-refractivity contribution in [3.8, 4) is 0 Å². The summed E-state index contributed by atoms with van der Waals surface area (Å²) in [6, 6.07) is -0.0923. The van der Waals surface area contributed by atoms with E-state index in [1.165, 1.54) is 0 Å². The molecule has 1 aromatic rings.